The van der Waals surface area contributed by atoms with Gasteiger partial charge in [-0.05, 0) is 43.0 Å². The van der Waals surface area contributed by atoms with E-state index in [1.54, 1.807) is 13.1 Å². The molecule has 0 heterocycles. The highest BCUT2D eigenvalue weighted by Gasteiger charge is 2.23. The zero-order chi connectivity index (χ0) is 15.3. The van der Waals surface area contributed by atoms with Crippen LogP contribution in [0.2, 0.25) is 0 Å². The van der Waals surface area contributed by atoms with E-state index in [9.17, 15) is 8.42 Å². The molecule has 20 heavy (non-hydrogen) atoms. The first-order valence-corrected chi connectivity index (χ1v) is 8.94. The molecule has 0 N–H and O–H groups in total. The van der Waals surface area contributed by atoms with Crippen molar-refractivity contribution < 1.29 is 8.42 Å². The highest BCUT2D eigenvalue weighted by molar-refractivity contribution is 7.89. The molecule has 0 radical (unpaired) electrons. The zero-order valence-electron chi connectivity index (χ0n) is 12.7. The van der Waals surface area contributed by atoms with E-state index in [-0.39, 0.29) is 0 Å². The number of hydrogen-bond donors (Lipinski definition) is 0. The lowest BCUT2D eigenvalue weighted by molar-refractivity contribution is 0.454. The van der Waals surface area contributed by atoms with Crippen LogP contribution in [0.4, 0.5) is 0 Å². The van der Waals surface area contributed by atoms with Crippen molar-refractivity contribution in [2.75, 3.05) is 13.6 Å². The van der Waals surface area contributed by atoms with E-state index < -0.39 is 10.0 Å². The third-order valence-electron chi connectivity index (χ3n) is 3.60. The van der Waals surface area contributed by atoms with Crippen LogP contribution in [-0.2, 0) is 15.9 Å². The zero-order valence-corrected chi connectivity index (χ0v) is 14.3. The number of nitrogens with zero attached hydrogens (tertiary/aromatic N) is 1. The molecule has 1 rings (SSSR count). The molecule has 114 valence electrons. The molecule has 0 aliphatic carbocycles. The molecular weight excluding hydrogens is 294 g/mol. The van der Waals surface area contributed by atoms with Crippen LogP contribution < -0.4 is 0 Å². The number of aryl methyl sites for hydroxylation is 1. The van der Waals surface area contributed by atoms with Gasteiger partial charge in [0.2, 0.25) is 10.0 Å². The van der Waals surface area contributed by atoms with Gasteiger partial charge >= 0.3 is 0 Å². The summed E-state index contributed by atoms with van der Waals surface area (Å²) in [6.45, 7) is 6.42. The van der Waals surface area contributed by atoms with Gasteiger partial charge in [0.25, 0.3) is 0 Å². The number of rotatable bonds is 7. The van der Waals surface area contributed by atoms with Gasteiger partial charge in [0.1, 0.15) is 0 Å². The molecule has 5 heteroatoms. The summed E-state index contributed by atoms with van der Waals surface area (Å²) < 4.78 is 26.7. The Kier molecular flexibility index (Phi) is 6.49. The van der Waals surface area contributed by atoms with E-state index >= 15 is 0 Å². The molecule has 0 spiro atoms. The van der Waals surface area contributed by atoms with Gasteiger partial charge in [-0.1, -0.05) is 25.8 Å². The van der Waals surface area contributed by atoms with Crippen molar-refractivity contribution in [2.45, 2.75) is 50.8 Å². The summed E-state index contributed by atoms with van der Waals surface area (Å²) in [5.74, 6) is 0.323. The molecule has 3 nitrogen and oxygen atoms in total. The molecule has 1 aromatic carbocycles. The van der Waals surface area contributed by atoms with Crippen LogP contribution in [0.25, 0.3) is 0 Å². The van der Waals surface area contributed by atoms with Gasteiger partial charge in [-0.25, -0.2) is 12.7 Å². The van der Waals surface area contributed by atoms with Crippen molar-refractivity contribution in [1.29, 1.82) is 0 Å². The Balaban J connectivity index is 3.11. The standard InChI is InChI=1S/C15H24ClNO2S/c1-5-6-7-8-17(4)20(18,19)15-10-14(11-16)9-12(2)13(15)3/h9-10H,5-8,11H2,1-4H3. The van der Waals surface area contributed by atoms with Gasteiger partial charge in [0, 0.05) is 19.5 Å². The van der Waals surface area contributed by atoms with Crippen molar-refractivity contribution in [1.82, 2.24) is 4.31 Å². The normalized spacial score (nSPS) is 12.1. The lowest BCUT2D eigenvalue weighted by Gasteiger charge is -2.20. The first kappa shape index (κ1) is 17.5. The topological polar surface area (TPSA) is 37.4 Å². The van der Waals surface area contributed by atoms with Crippen molar-refractivity contribution in [3.63, 3.8) is 0 Å². The number of unbranched alkanes of at least 4 members (excludes halogenated alkanes) is 2. The van der Waals surface area contributed by atoms with Gasteiger partial charge < -0.3 is 0 Å². The molecule has 0 aliphatic heterocycles. The molecule has 0 aliphatic rings. The monoisotopic (exact) mass is 317 g/mol. The fourth-order valence-corrected chi connectivity index (χ4v) is 3.82. The second-order valence-electron chi connectivity index (χ2n) is 5.20. The van der Waals surface area contributed by atoms with Crippen molar-refractivity contribution in [3.8, 4) is 0 Å². The van der Waals surface area contributed by atoms with E-state index in [0.717, 1.165) is 36.0 Å². The molecule has 0 bridgehead atoms. The van der Waals surface area contributed by atoms with Crippen LogP contribution >= 0.6 is 11.6 Å². The van der Waals surface area contributed by atoms with Crippen LogP contribution in [0, 0.1) is 13.8 Å². The molecule has 0 aromatic heterocycles. The van der Waals surface area contributed by atoms with Crippen LogP contribution in [0.1, 0.15) is 42.9 Å². The highest BCUT2D eigenvalue weighted by Crippen LogP contribution is 2.24. The van der Waals surface area contributed by atoms with E-state index in [4.69, 9.17) is 11.6 Å². The molecule has 0 amide bonds. The van der Waals surface area contributed by atoms with Crippen LogP contribution in [0.5, 0.6) is 0 Å². The fraction of sp³-hybridized carbons (Fsp3) is 0.600. The Morgan fingerprint density at radius 2 is 1.85 bits per heavy atom. The van der Waals surface area contributed by atoms with E-state index in [2.05, 4.69) is 6.92 Å². The Morgan fingerprint density at radius 3 is 2.40 bits per heavy atom. The molecule has 1 aromatic rings. The average Bonchev–Trinajstić information content (AvgIpc) is 2.41. The fourth-order valence-electron chi connectivity index (χ4n) is 2.12. The van der Waals surface area contributed by atoms with Crippen LogP contribution in [0.15, 0.2) is 17.0 Å². The smallest absolute Gasteiger partial charge is 0.207 e. The lowest BCUT2D eigenvalue weighted by Crippen LogP contribution is -2.28. The quantitative estimate of drug-likeness (QED) is 0.566. The summed E-state index contributed by atoms with van der Waals surface area (Å²) in [7, 11) is -1.78. The Morgan fingerprint density at radius 1 is 1.20 bits per heavy atom. The second-order valence-corrected chi connectivity index (χ2v) is 7.48. The summed E-state index contributed by atoms with van der Waals surface area (Å²) in [6, 6.07) is 3.64. The van der Waals surface area contributed by atoms with Gasteiger partial charge in [0.05, 0.1) is 4.90 Å². The maximum atomic E-state index is 12.7. The Bertz CT molecular complexity index is 555. The third kappa shape index (κ3) is 3.96. The maximum Gasteiger partial charge on any atom is 0.243 e. The Hall–Kier alpha value is -0.580. The highest BCUT2D eigenvalue weighted by atomic mass is 35.5. The van der Waals surface area contributed by atoms with Gasteiger partial charge in [0.15, 0.2) is 0 Å². The minimum atomic E-state index is -3.43. The first-order chi connectivity index (χ1) is 9.34. The molecule has 0 atom stereocenters. The molecule has 0 saturated heterocycles. The molecule has 0 saturated carbocycles. The number of halogens is 1. The van der Waals surface area contributed by atoms with Crippen LogP contribution in [0.3, 0.4) is 0 Å². The first-order valence-electron chi connectivity index (χ1n) is 6.97. The van der Waals surface area contributed by atoms with Crippen molar-refractivity contribution >= 4 is 21.6 Å². The molecule has 0 unspecified atom stereocenters. The minimum absolute atomic E-state index is 0.323. The largest absolute Gasteiger partial charge is 0.243 e. The summed E-state index contributed by atoms with van der Waals surface area (Å²) in [4.78, 5) is 0.382. The lowest BCUT2D eigenvalue weighted by atomic mass is 10.1. The maximum absolute atomic E-state index is 12.7. The summed E-state index contributed by atoms with van der Waals surface area (Å²) in [5, 5.41) is 0. The average molecular weight is 318 g/mol. The number of sulfonamides is 1. The van der Waals surface area contributed by atoms with Crippen molar-refractivity contribution in [2.24, 2.45) is 0 Å². The Labute approximate surface area is 128 Å². The number of benzene rings is 1. The molecule has 0 fully saturated rings. The number of hydrogen-bond acceptors (Lipinski definition) is 2. The third-order valence-corrected chi connectivity index (χ3v) is 5.89. The van der Waals surface area contributed by atoms with Crippen molar-refractivity contribution in [3.05, 3.63) is 28.8 Å². The van der Waals surface area contributed by atoms with E-state index in [0.29, 0.717) is 17.3 Å². The predicted molar refractivity (Wildman–Crippen MR) is 84.8 cm³/mol. The SMILES string of the molecule is CCCCCN(C)S(=O)(=O)c1cc(CCl)cc(C)c1C. The van der Waals surface area contributed by atoms with Gasteiger partial charge in [-0.3, -0.25) is 0 Å². The molecular formula is C15H24ClNO2S. The van der Waals surface area contributed by atoms with Gasteiger partial charge in [-0.15, -0.1) is 11.6 Å². The minimum Gasteiger partial charge on any atom is -0.207 e. The van der Waals surface area contributed by atoms with Crippen LogP contribution in [-0.4, -0.2) is 26.3 Å². The summed E-state index contributed by atoms with van der Waals surface area (Å²) >= 11 is 5.85. The van der Waals surface area contributed by atoms with E-state index in [1.165, 1.54) is 4.31 Å². The summed E-state index contributed by atoms with van der Waals surface area (Å²) in [6.07, 6.45) is 3.01. The number of alkyl halides is 1. The predicted octanol–water partition coefficient (Wildman–Crippen LogP) is 3.85. The van der Waals surface area contributed by atoms with Gasteiger partial charge in [-0.2, -0.15) is 0 Å². The van der Waals surface area contributed by atoms with E-state index in [1.807, 2.05) is 19.9 Å². The summed E-state index contributed by atoms with van der Waals surface area (Å²) in [5.41, 5.74) is 2.61. The second kappa shape index (κ2) is 7.43.